The van der Waals surface area contributed by atoms with E-state index in [4.69, 9.17) is 9.47 Å². The van der Waals surface area contributed by atoms with Crippen LogP contribution in [0.2, 0.25) is 0 Å². The maximum Gasteiger partial charge on any atom is 0.323 e. The van der Waals surface area contributed by atoms with Crippen molar-refractivity contribution in [2.45, 2.75) is 39.3 Å². The smallest absolute Gasteiger partial charge is 0.323 e. The number of amides is 4. The van der Waals surface area contributed by atoms with Gasteiger partial charge < -0.3 is 29.9 Å². The summed E-state index contributed by atoms with van der Waals surface area (Å²) in [5.74, 6) is 0.163. The number of hydrogen-bond acceptors (Lipinski definition) is 5. The molecule has 1 heterocycles. The lowest BCUT2D eigenvalue weighted by atomic mass is 10.0. The van der Waals surface area contributed by atoms with E-state index in [1.807, 2.05) is 43.9 Å². The van der Waals surface area contributed by atoms with Crippen LogP contribution in [0.4, 0.5) is 16.2 Å². The molecule has 2 N–H and O–H groups in total. The van der Waals surface area contributed by atoms with E-state index in [1.165, 1.54) is 0 Å². The maximum absolute atomic E-state index is 13.3. The molecule has 0 saturated carbocycles. The number of nitrogens with zero attached hydrogens (tertiary/aromatic N) is 2. The SMILES string of the molecule is CCC(=O)N1C[C@H](C)[C@@H](OC)CN(C)C(=O)c2ccc(NC(=O)Nc3ccccc3)cc2OC[C@H]1C. The average molecular weight is 497 g/mol. The molecule has 0 fully saturated rings. The van der Waals surface area contributed by atoms with Gasteiger partial charge in [0.15, 0.2) is 0 Å². The highest BCUT2D eigenvalue weighted by Crippen LogP contribution is 2.27. The summed E-state index contributed by atoms with van der Waals surface area (Å²) >= 11 is 0. The van der Waals surface area contributed by atoms with Gasteiger partial charge >= 0.3 is 6.03 Å². The number of methoxy groups -OCH3 is 1. The molecular weight excluding hydrogens is 460 g/mol. The van der Waals surface area contributed by atoms with Crippen LogP contribution in [0.5, 0.6) is 5.75 Å². The number of anilines is 2. The molecule has 36 heavy (non-hydrogen) atoms. The molecule has 0 unspecified atom stereocenters. The summed E-state index contributed by atoms with van der Waals surface area (Å²) in [6, 6.07) is 13.4. The van der Waals surface area contributed by atoms with Crippen molar-refractivity contribution < 1.29 is 23.9 Å². The van der Waals surface area contributed by atoms with E-state index in [-0.39, 0.29) is 36.5 Å². The van der Waals surface area contributed by atoms with Gasteiger partial charge in [-0.3, -0.25) is 9.59 Å². The van der Waals surface area contributed by atoms with E-state index in [0.717, 1.165) is 0 Å². The zero-order valence-electron chi connectivity index (χ0n) is 21.6. The van der Waals surface area contributed by atoms with Crippen molar-refractivity contribution in [1.82, 2.24) is 9.80 Å². The highest BCUT2D eigenvalue weighted by Gasteiger charge is 2.29. The molecule has 1 aliphatic rings. The Kier molecular flexibility index (Phi) is 9.30. The molecule has 0 spiro atoms. The van der Waals surface area contributed by atoms with Gasteiger partial charge in [0.1, 0.15) is 12.4 Å². The van der Waals surface area contributed by atoms with Gasteiger partial charge in [0, 0.05) is 57.0 Å². The van der Waals surface area contributed by atoms with Crippen molar-refractivity contribution in [2.24, 2.45) is 5.92 Å². The number of carbonyl (C=O) groups excluding carboxylic acids is 3. The molecule has 0 saturated heterocycles. The Morgan fingerprint density at radius 2 is 1.75 bits per heavy atom. The van der Waals surface area contributed by atoms with Crippen LogP contribution in [0, 0.1) is 5.92 Å². The Balaban J connectivity index is 1.89. The first-order valence-electron chi connectivity index (χ1n) is 12.2. The van der Waals surface area contributed by atoms with Gasteiger partial charge in [0.05, 0.1) is 17.7 Å². The Hall–Kier alpha value is -3.59. The van der Waals surface area contributed by atoms with Crippen LogP contribution in [-0.4, -0.2) is 73.6 Å². The first-order valence-corrected chi connectivity index (χ1v) is 12.2. The monoisotopic (exact) mass is 496 g/mol. The Morgan fingerprint density at radius 3 is 2.42 bits per heavy atom. The molecule has 9 heteroatoms. The number of urea groups is 1. The topological polar surface area (TPSA) is 100 Å². The minimum Gasteiger partial charge on any atom is -0.491 e. The van der Waals surface area contributed by atoms with E-state index < -0.39 is 6.03 Å². The number of para-hydroxylation sites is 1. The standard InChI is InChI=1S/C27H36N4O5/c1-6-25(32)31-15-18(2)24(35-5)16-30(4)26(33)22-13-12-21(14-23(22)36-17-19(31)3)29-27(34)28-20-10-8-7-9-11-20/h7-14,18-19,24H,6,15-17H2,1-5H3,(H2,28,29,34)/t18-,19+,24-/m0/s1. The number of carbonyl (C=O) groups is 3. The van der Waals surface area contributed by atoms with Crippen LogP contribution >= 0.6 is 0 Å². The maximum atomic E-state index is 13.3. The largest absolute Gasteiger partial charge is 0.491 e. The molecule has 3 rings (SSSR count). The van der Waals surface area contributed by atoms with E-state index >= 15 is 0 Å². The van der Waals surface area contributed by atoms with Crippen LogP contribution in [0.25, 0.3) is 0 Å². The molecule has 0 radical (unpaired) electrons. The third-order valence-electron chi connectivity index (χ3n) is 6.36. The van der Waals surface area contributed by atoms with Crippen molar-refractivity contribution in [3.8, 4) is 5.75 Å². The summed E-state index contributed by atoms with van der Waals surface area (Å²) in [7, 11) is 3.34. The van der Waals surface area contributed by atoms with Crippen molar-refractivity contribution >= 4 is 29.2 Å². The molecule has 2 aromatic carbocycles. The van der Waals surface area contributed by atoms with E-state index in [1.54, 1.807) is 49.4 Å². The molecule has 2 aromatic rings. The zero-order valence-corrected chi connectivity index (χ0v) is 21.6. The second-order valence-corrected chi connectivity index (χ2v) is 9.15. The van der Waals surface area contributed by atoms with E-state index in [0.29, 0.717) is 42.2 Å². The zero-order chi connectivity index (χ0) is 26.2. The van der Waals surface area contributed by atoms with E-state index in [9.17, 15) is 14.4 Å². The Morgan fingerprint density at radius 1 is 1.06 bits per heavy atom. The van der Waals surface area contributed by atoms with Crippen molar-refractivity contribution in [1.29, 1.82) is 0 Å². The van der Waals surface area contributed by atoms with Gasteiger partial charge in [-0.15, -0.1) is 0 Å². The summed E-state index contributed by atoms with van der Waals surface area (Å²) in [6.45, 7) is 6.83. The Bertz CT molecular complexity index is 1060. The van der Waals surface area contributed by atoms with Crippen molar-refractivity contribution in [3.05, 3.63) is 54.1 Å². The van der Waals surface area contributed by atoms with Gasteiger partial charge in [0.2, 0.25) is 5.91 Å². The second kappa shape index (κ2) is 12.4. The van der Waals surface area contributed by atoms with Crippen LogP contribution in [0.1, 0.15) is 37.6 Å². The third-order valence-corrected chi connectivity index (χ3v) is 6.36. The fourth-order valence-electron chi connectivity index (χ4n) is 4.22. The average Bonchev–Trinajstić information content (AvgIpc) is 2.87. The molecule has 0 aliphatic carbocycles. The first kappa shape index (κ1) is 27.0. The predicted molar refractivity (Wildman–Crippen MR) is 139 cm³/mol. The number of benzene rings is 2. The molecule has 194 valence electrons. The number of ether oxygens (including phenoxy) is 2. The minimum absolute atomic E-state index is 0.0109. The fourth-order valence-corrected chi connectivity index (χ4v) is 4.22. The first-order chi connectivity index (χ1) is 17.2. The molecule has 1 aliphatic heterocycles. The lowest BCUT2D eigenvalue weighted by Gasteiger charge is -2.36. The molecule has 3 atom stereocenters. The van der Waals surface area contributed by atoms with Crippen LogP contribution in [0.15, 0.2) is 48.5 Å². The number of rotatable bonds is 4. The van der Waals surface area contributed by atoms with Crippen LogP contribution in [0.3, 0.4) is 0 Å². The van der Waals surface area contributed by atoms with Gasteiger partial charge in [-0.05, 0) is 31.2 Å². The molecule has 9 nitrogen and oxygen atoms in total. The van der Waals surface area contributed by atoms with Gasteiger partial charge in [-0.1, -0.05) is 32.0 Å². The van der Waals surface area contributed by atoms with Crippen molar-refractivity contribution in [2.75, 3.05) is 44.5 Å². The molecule has 4 amide bonds. The molecule has 0 aromatic heterocycles. The highest BCUT2D eigenvalue weighted by atomic mass is 16.5. The van der Waals surface area contributed by atoms with Crippen LogP contribution in [-0.2, 0) is 9.53 Å². The normalized spacial score (nSPS) is 20.9. The predicted octanol–water partition coefficient (Wildman–Crippen LogP) is 4.07. The quantitative estimate of drug-likeness (QED) is 0.665. The lowest BCUT2D eigenvalue weighted by molar-refractivity contribution is -0.135. The minimum atomic E-state index is -0.414. The highest BCUT2D eigenvalue weighted by molar-refractivity contribution is 6.01. The van der Waals surface area contributed by atoms with Crippen LogP contribution < -0.4 is 15.4 Å². The molecular formula is C27H36N4O5. The Labute approximate surface area is 212 Å². The fraction of sp³-hybridized carbons (Fsp3) is 0.444. The summed E-state index contributed by atoms with van der Waals surface area (Å²) in [6.07, 6.45) is 0.138. The van der Waals surface area contributed by atoms with E-state index in [2.05, 4.69) is 10.6 Å². The van der Waals surface area contributed by atoms with Gasteiger partial charge in [-0.2, -0.15) is 0 Å². The summed E-state index contributed by atoms with van der Waals surface area (Å²) in [4.78, 5) is 41.9. The number of fused-ring (bicyclic) bond motifs is 1. The molecule has 0 bridgehead atoms. The summed E-state index contributed by atoms with van der Waals surface area (Å²) < 4.78 is 11.8. The van der Waals surface area contributed by atoms with Gasteiger partial charge in [0.25, 0.3) is 5.91 Å². The number of likely N-dealkylation sites (N-methyl/N-ethyl adjacent to an activating group) is 1. The lowest BCUT2D eigenvalue weighted by Crippen LogP contribution is -2.48. The second-order valence-electron chi connectivity index (χ2n) is 9.15. The summed E-state index contributed by atoms with van der Waals surface area (Å²) in [5.41, 5.74) is 1.50. The van der Waals surface area contributed by atoms with Crippen molar-refractivity contribution in [3.63, 3.8) is 0 Å². The third kappa shape index (κ3) is 6.75. The number of hydrogen-bond donors (Lipinski definition) is 2. The summed E-state index contributed by atoms with van der Waals surface area (Å²) in [5, 5.41) is 5.55. The number of nitrogens with one attached hydrogen (secondary N) is 2. The van der Waals surface area contributed by atoms with Gasteiger partial charge in [-0.25, -0.2) is 4.79 Å².